The van der Waals surface area contributed by atoms with Gasteiger partial charge in [-0.25, -0.2) is 4.79 Å². The molecule has 4 heteroatoms. The summed E-state index contributed by atoms with van der Waals surface area (Å²) < 4.78 is 1.52. The molecule has 1 heterocycles. The SMILES string of the molecule is CCCCC(CC)Cn1cc(C(=O)O)ccc1=O. The molecule has 1 N–H and O–H groups in total. The molecule has 0 aliphatic rings. The van der Waals surface area contributed by atoms with Crippen LogP contribution in [0.25, 0.3) is 0 Å². The van der Waals surface area contributed by atoms with Gasteiger partial charge in [0.15, 0.2) is 0 Å². The number of nitrogens with zero attached hydrogens (tertiary/aromatic N) is 1. The Morgan fingerprint density at radius 1 is 1.39 bits per heavy atom. The van der Waals surface area contributed by atoms with Crippen LogP contribution in [0.3, 0.4) is 0 Å². The zero-order valence-corrected chi connectivity index (χ0v) is 11.1. The van der Waals surface area contributed by atoms with Crippen LogP contribution in [-0.2, 0) is 6.54 Å². The highest BCUT2D eigenvalue weighted by molar-refractivity contribution is 5.87. The predicted octanol–water partition coefficient (Wildman–Crippen LogP) is 2.76. The Morgan fingerprint density at radius 2 is 2.11 bits per heavy atom. The maximum atomic E-state index is 11.7. The largest absolute Gasteiger partial charge is 0.478 e. The molecule has 0 spiro atoms. The van der Waals surface area contributed by atoms with Crippen LogP contribution in [0, 0.1) is 5.92 Å². The average Bonchev–Trinajstić information content (AvgIpc) is 2.36. The van der Waals surface area contributed by atoms with Gasteiger partial charge in [0.1, 0.15) is 0 Å². The number of aromatic nitrogens is 1. The second-order valence-electron chi connectivity index (χ2n) is 4.63. The molecule has 0 aliphatic heterocycles. The number of carboxylic acids is 1. The highest BCUT2D eigenvalue weighted by Crippen LogP contribution is 2.14. The Hall–Kier alpha value is -1.58. The fourth-order valence-electron chi connectivity index (χ4n) is 2.00. The Morgan fingerprint density at radius 3 is 2.67 bits per heavy atom. The molecule has 0 aromatic carbocycles. The molecule has 100 valence electrons. The van der Waals surface area contributed by atoms with Gasteiger partial charge >= 0.3 is 5.97 Å². The lowest BCUT2D eigenvalue weighted by atomic mass is 9.99. The van der Waals surface area contributed by atoms with E-state index in [1.807, 2.05) is 0 Å². The van der Waals surface area contributed by atoms with Crippen LogP contribution in [-0.4, -0.2) is 15.6 Å². The Kier molecular flexibility index (Phi) is 5.62. The molecule has 1 atom stereocenters. The van der Waals surface area contributed by atoms with E-state index in [0.717, 1.165) is 25.7 Å². The predicted molar refractivity (Wildman–Crippen MR) is 71.0 cm³/mol. The average molecular weight is 251 g/mol. The summed E-state index contributed by atoms with van der Waals surface area (Å²) in [6, 6.07) is 2.68. The maximum absolute atomic E-state index is 11.7. The second kappa shape index (κ2) is 6.99. The molecule has 4 nitrogen and oxygen atoms in total. The Labute approximate surface area is 107 Å². The van der Waals surface area contributed by atoms with Gasteiger partial charge in [0, 0.05) is 18.8 Å². The minimum absolute atomic E-state index is 0.130. The summed E-state index contributed by atoms with van der Waals surface area (Å²) in [4.78, 5) is 22.6. The van der Waals surface area contributed by atoms with Crippen molar-refractivity contribution in [2.45, 2.75) is 46.1 Å². The summed E-state index contributed by atoms with van der Waals surface area (Å²) in [7, 11) is 0. The van der Waals surface area contributed by atoms with Crippen LogP contribution in [0.5, 0.6) is 0 Å². The van der Waals surface area contributed by atoms with Crippen molar-refractivity contribution in [1.29, 1.82) is 0 Å². The molecule has 1 unspecified atom stereocenters. The molecule has 0 saturated carbocycles. The smallest absolute Gasteiger partial charge is 0.337 e. The van der Waals surface area contributed by atoms with Gasteiger partial charge in [-0.05, 0) is 18.4 Å². The van der Waals surface area contributed by atoms with Crippen molar-refractivity contribution in [1.82, 2.24) is 4.57 Å². The fourth-order valence-corrected chi connectivity index (χ4v) is 2.00. The first-order valence-electron chi connectivity index (χ1n) is 6.52. The van der Waals surface area contributed by atoms with Gasteiger partial charge in [-0.1, -0.05) is 33.1 Å². The third kappa shape index (κ3) is 4.02. The number of hydrogen-bond acceptors (Lipinski definition) is 2. The number of carbonyl (C=O) groups is 1. The fraction of sp³-hybridized carbons (Fsp3) is 0.571. The third-order valence-electron chi connectivity index (χ3n) is 3.23. The van der Waals surface area contributed by atoms with Crippen molar-refractivity contribution in [2.75, 3.05) is 0 Å². The lowest BCUT2D eigenvalue weighted by Gasteiger charge is -2.16. The first-order valence-corrected chi connectivity index (χ1v) is 6.52. The molecule has 0 amide bonds. The van der Waals surface area contributed by atoms with E-state index in [1.165, 1.54) is 22.9 Å². The van der Waals surface area contributed by atoms with Crippen LogP contribution >= 0.6 is 0 Å². The summed E-state index contributed by atoms with van der Waals surface area (Å²) in [6.07, 6.45) is 5.81. The first kappa shape index (κ1) is 14.5. The summed E-state index contributed by atoms with van der Waals surface area (Å²) >= 11 is 0. The van der Waals surface area contributed by atoms with E-state index in [1.54, 1.807) is 0 Å². The van der Waals surface area contributed by atoms with E-state index in [9.17, 15) is 9.59 Å². The minimum atomic E-state index is -0.995. The molecule has 1 aromatic rings. The van der Waals surface area contributed by atoms with Crippen LogP contribution in [0.15, 0.2) is 23.1 Å². The molecule has 0 bridgehead atoms. The van der Waals surface area contributed by atoms with Crippen molar-refractivity contribution < 1.29 is 9.90 Å². The molecule has 1 aromatic heterocycles. The highest BCUT2D eigenvalue weighted by Gasteiger charge is 2.10. The number of aromatic carboxylic acids is 1. The number of carboxylic acid groups (broad SMARTS) is 1. The van der Waals surface area contributed by atoms with E-state index < -0.39 is 5.97 Å². The van der Waals surface area contributed by atoms with Gasteiger partial charge in [0.25, 0.3) is 5.56 Å². The van der Waals surface area contributed by atoms with E-state index in [2.05, 4.69) is 13.8 Å². The van der Waals surface area contributed by atoms with Crippen LogP contribution in [0.4, 0.5) is 0 Å². The summed E-state index contributed by atoms with van der Waals surface area (Å²) in [6.45, 7) is 4.85. The van der Waals surface area contributed by atoms with Crippen LogP contribution in [0.2, 0.25) is 0 Å². The zero-order valence-electron chi connectivity index (χ0n) is 11.1. The lowest BCUT2D eigenvalue weighted by molar-refractivity contribution is 0.0695. The van der Waals surface area contributed by atoms with Gasteiger partial charge in [0.2, 0.25) is 0 Å². The van der Waals surface area contributed by atoms with E-state index in [4.69, 9.17) is 5.11 Å². The maximum Gasteiger partial charge on any atom is 0.337 e. The van der Waals surface area contributed by atoms with Crippen molar-refractivity contribution in [3.63, 3.8) is 0 Å². The first-order chi connectivity index (χ1) is 8.58. The molecule has 0 radical (unpaired) electrons. The van der Waals surface area contributed by atoms with Crippen molar-refractivity contribution in [3.05, 3.63) is 34.2 Å². The number of hydrogen-bond donors (Lipinski definition) is 1. The van der Waals surface area contributed by atoms with Gasteiger partial charge in [-0.2, -0.15) is 0 Å². The van der Waals surface area contributed by atoms with Crippen LogP contribution < -0.4 is 5.56 Å². The van der Waals surface area contributed by atoms with Crippen molar-refractivity contribution >= 4 is 5.97 Å². The van der Waals surface area contributed by atoms with Crippen LogP contribution in [0.1, 0.15) is 49.9 Å². The lowest BCUT2D eigenvalue weighted by Crippen LogP contribution is -2.24. The third-order valence-corrected chi connectivity index (χ3v) is 3.23. The minimum Gasteiger partial charge on any atom is -0.478 e. The summed E-state index contributed by atoms with van der Waals surface area (Å²) in [5, 5.41) is 8.92. The Bertz CT molecular complexity index is 451. The van der Waals surface area contributed by atoms with Crippen molar-refractivity contribution in [2.24, 2.45) is 5.92 Å². The van der Waals surface area contributed by atoms with Gasteiger partial charge in [-0.3, -0.25) is 4.79 Å². The second-order valence-corrected chi connectivity index (χ2v) is 4.63. The van der Waals surface area contributed by atoms with Gasteiger partial charge in [-0.15, -0.1) is 0 Å². The molecule has 0 saturated heterocycles. The molecular formula is C14H21NO3. The topological polar surface area (TPSA) is 59.3 Å². The standard InChI is InChI=1S/C14H21NO3/c1-3-5-6-11(4-2)9-15-10-12(14(17)18)7-8-13(15)16/h7-8,10-11H,3-6,9H2,1-2H3,(H,17,18). The molecule has 0 fully saturated rings. The van der Waals surface area contributed by atoms with E-state index in [0.29, 0.717) is 12.5 Å². The monoisotopic (exact) mass is 251 g/mol. The van der Waals surface area contributed by atoms with E-state index in [-0.39, 0.29) is 11.1 Å². The molecular weight excluding hydrogens is 230 g/mol. The normalized spacial score (nSPS) is 12.3. The Balaban J connectivity index is 2.84. The van der Waals surface area contributed by atoms with Gasteiger partial charge in [0.05, 0.1) is 5.56 Å². The summed E-state index contributed by atoms with van der Waals surface area (Å²) in [5.74, 6) is -0.558. The molecule has 18 heavy (non-hydrogen) atoms. The number of unbranched alkanes of at least 4 members (excludes halogenated alkanes) is 1. The quantitative estimate of drug-likeness (QED) is 0.810. The van der Waals surface area contributed by atoms with Crippen molar-refractivity contribution in [3.8, 4) is 0 Å². The molecule has 1 rings (SSSR count). The number of pyridine rings is 1. The highest BCUT2D eigenvalue weighted by atomic mass is 16.4. The van der Waals surface area contributed by atoms with Gasteiger partial charge < -0.3 is 9.67 Å². The summed E-state index contributed by atoms with van der Waals surface area (Å²) in [5.41, 5.74) is 0.0369. The van der Waals surface area contributed by atoms with E-state index >= 15 is 0 Å². The number of rotatable bonds is 7. The molecule has 0 aliphatic carbocycles. The zero-order chi connectivity index (χ0) is 13.5.